The number of anilines is 3. The lowest BCUT2D eigenvalue weighted by molar-refractivity contribution is 0.547. The number of nitrogen functional groups attached to an aromatic ring is 1. The fourth-order valence-corrected chi connectivity index (χ4v) is 1.76. The Morgan fingerprint density at radius 3 is 2.38 bits per heavy atom. The second kappa shape index (κ2) is 5.83. The normalized spacial score (nSPS) is 11.3. The summed E-state index contributed by atoms with van der Waals surface area (Å²) in [4.78, 5) is 8.74. The van der Waals surface area contributed by atoms with Crippen LogP contribution < -0.4 is 16.6 Å². The van der Waals surface area contributed by atoms with Gasteiger partial charge < -0.3 is 10.7 Å². The molecular formula is C14H17ClFN5. The summed E-state index contributed by atoms with van der Waals surface area (Å²) in [5.41, 5.74) is 2.80. The summed E-state index contributed by atoms with van der Waals surface area (Å²) in [6.45, 7) is 5.98. The van der Waals surface area contributed by atoms with Gasteiger partial charge in [-0.05, 0) is 18.2 Å². The number of rotatable bonds is 3. The molecule has 0 fully saturated rings. The summed E-state index contributed by atoms with van der Waals surface area (Å²) in [7, 11) is 0. The molecule has 0 bridgehead atoms. The van der Waals surface area contributed by atoms with Crippen molar-refractivity contribution in [3.8, 4) is 0 Å². The van der Waals surface area contributed by atoms with E-state index in [1.807, 2.05) is 20.8 Å². The Kier molecular flexibility index (Phi) is 4.29. The second-order valence-corrected chi connectivity index (χ2v) is 6.02. The number of nitrogens with one attached hydrogen (secondary N) is 2. The zero-order valence-corrected chi connectivity index (χ0v) is 12.8. The van der Waals surface area contributed by atoms with Gasteiger partial charge in [0, 0.05) is 17.2 Å². The van der Waals surface area contributed by atoms with Crippen molar-refractivity contribution >= 4 is 28.9 Å². The number of nitrogens with two attached hydrogens (primary N) is 1. The van der Waals surface area contributed by atoms with Crippen LogP contribution in [0.5, 0.6) is 0 Å². The average molecular weight is 310 g/mol. The van der Waals surface area contributed by atoms with Crippen LogP contribution in [0.15, 0.2) is 24.3 Å². The number of benzene rings is 1. The molecule has 0 aliphatic carbocycles. The van der Waals surface area contributed by atoms with E-state index in [-0.39, 0.29) is 10.4 Å². The average Bonchev–Trinajstić information content (AvgIpc) is 2.41. The predicted molar refractivity (Wildman–Crippen MR) is 83.2 cm³/mol. The number of hydrogen-bond donors (Lipinski definition) is 3. The monoisotopic (exact) mass is 309 g/mol. The fourth-order valence-electron chi connectivity index (χ4n) is 1.64. The zero-order chi connectivity index (χ0) is 15.6. The van der Waals surface area contributed by atoms with E-state index in [0.717, 1.165) is 0 Å². The van der Waals surface area contributed by atoms with E-state index in [2.05, 4.69) is 20.7 Å². The van der Waals surface area contributed by atoms with E-state index in [1.165, 1.54) is 12.1 Å². The number of hydrazine groups is 1. The summed E-state index contributed by atoms with van der Waals surface area (Å²) < 4.78 is 13.5. The Hall–Kier alpha value is -1.92. The predicted octanol–water partition coefficient (Wildman–Crippen LogP) is 3.60. The summed E-state index contributed by atoms with van der Waals surface area (Å²) in [6, 6.07) is 6.09. The zero-order valence-electron chi connectivity index (χ0n) is 12.0. The standard InChI is InChI=1S/C14H17ClFN5/c1-14(2,3)13-19-11(7-12(20-13)21-17)18-8-4-5-9(15)10(16)6-8/h4-7H,17H2,1-3H3,(H2,18,19,20,21). The van der Waals surface area contributed by atoms with E-state index in [0.29, 0.717) is 23.1 Å². The van der Waals surface area contributed by atoms with E-state index in [9.17, 15) is 4.39 Å². The first kappa shape index (κ1) is 15.5. The lowest BCUT2D eigenvalue weighted by atomic mass is 9.96. The van der Waals surface area contributed by atoms with Crippen LogP contribution in [0.2, 0.25) is 5.02 Å². The minimum atomic E-state index is -0.496. The minimum absolute atomic E-state index is 0.0722. The molecule has 0 spiro atoms. The van der Waals surface area contributed by atoms with Crippen molar-refractivity contribution in [3.05, 3.63) is 40.9 Å². The Bertz CT molecular complexity index is 654. The van der Waals surface area contributed by atoms with Crippen molar-refractivity contribution in [3.63, 3.8) is 0 Å². The molecule has 1 heterocycles. The quantitative estimate of drug-likeness (QED) is 0.596. The van der Waals surface area contributed by atoms with E-state index >= 15 is 0 Å². The number of aromatic nitrogens is 2. The molecule has 4 N–H and O–H groups in total. The summed E-state index contributed by atoms with van der Waals surface area (Å²) in [6.07, 6.45) is 0. The van der Waals surface area contributed by atoms with Gasteiger partial charge in [0.05, 0.1) is 5.02 Å². The highest BCUT2D eigenvalue weighted by Gasteiger charge is 2.19. The molecule has 0 saturated carbocycles. The molecule has 0 amide bonds. The van der Waals surface area contributed by atoms with Crippen LogP contribution in [0.25, 0.3) is 0 Å². The second-order valence-electron chi connectivity index (χ2n) is 5.61. The van der Waals surface area contributed by atoms with E-state index < -0.39 is 5.82 Å². The van der Waals surface area contributed by atoms with Crippen LogP contribution in [-0.4, -0.2) is 9.97 Å². The summed E-state index contributed by atoms with van der Waals surface area (Å²) >= 11 is 5.66. The Balaban J connectivity index is 2.36. The smallest absolute Gasteiger partial charge is 0.145 e. The molecule has 0 unspecified atom stereocenters. The van der Waals surface area contributed by atoms with Gasteiger partial charge in [0.25, 0.3) is 0 Å². The van der Waals surface area contributed by atoms with Gasteiger partial charge >= 0.3 is 0 Å². The Morgan fingerprint density at radius 2 is 1.81 bits per heavy atom. The van der Waals surface area contributed by atoms with Gasteiger partial charge in [-0.3, -0.25) is 0 Å². The minimum Gasteiger partial charge on any atom is -0.340 e. The molecular weight excluding hydrogens is 293 g/mol. The van der Waals surface area contributed by atoms with Crippen molar-refractivity contribution < 1.29 is 4.39 Å². The molecule has 0 atom stereocenters. The molecule has 112 valence electrons. The van der Waals surface area contributed by atoms with Gasteiger partial charge in [-0.15, -0.1) is 0 Å². The van der Waals surface area contributed by atoms with Crippen LogP contribution in [0.1, 0.15) is 26.6 Å². The van der Waals surface area contributed by atoms with Crippen LogP contribution in [0.3, 0.4) is 0 Å². The fraction of sp³-hybridized carbons (Fsp3) is 0.286. The molecule has 2 rings (SSSR count). The maximum absolute atomic E-state index is 13.5. The first-order valence-electron chi connectivity index (χ1n) is 6.38. The third kappa shape index (κ3) is 3.80. The van der Waals surface area contributed by atoms with Gasteiger partial charge in [0.1, 0.15) is 23.3 Å². The number of nitrogens with zero attached hydrogens (tertiary/aromatic N) is 2. The van der Waals surface area contributed by atoms with Crippen molar-refractivity contribution in [2.45, 2.75) is 26.2 Å². The Morgan fingerprint density at radius 1 is 1.14 bits per heavy atom. The SMILES string of the molecule is CC(C)(C)c1nc(NN)cc(Nc2ccc(Cl)c(F)c2)n1. The molecule has 0 aliphatic rings. The van der Waals surface area contributed by atoms with E-state index in [1.54, 1.807) is 12.1 Å². The maximum atomic E-state index is 13.5. The number of halogens is 2. The van der Waals surface area contributed by atoms with Crippen LogP contribution >= 0.6 is 11.6 Å². The molecule has 1 aromatic carbocycles. The van der Waals surface area contributed by atoms with Gasteiger partial charge in [0.15, 0.2) is 0 Å². The molecule has 21 heavy (non-hydrogen) atoms. The summed E-state index contributed by atoms with van der Waals surface area (Å²) in [5.74, 6) is 6.54. The van der Waals surface area contributed by atoms with Gasteiger partial charge in [0.2, 0.25) is 0 Å². The van der Waals surface area contributed by atoms with Crippen molar-refractivity contribution in [1.82, 2.24) is 9.97 Å². The van der Waals surface area contributed by atoms with Gasteiger partial charge in [-0.2, -0.15) is 0 Å². The largest absolute Gasteiger partial charge is 0.340 e. The molecule has 2 aromatic rings. The van der Waals surface area contributed by atoms with Crippen LogP contribution in [-0.2, 0) is 5.41 Å². The maximum Gasteiger partial charge on any atom is 0.145 e. The molecule has 7 heteroatoms. The van der Waals surface area contributed by atoms with E-state index in [4.69, 9.17) is 17.4 Å². The highest BCUT2D eigenvalue weighted by molar-refractivity contribution is 6.30. The van der Waals surface area contributed by atoms with Gasteiger partial charge in [-0.1, -0.05) is 32.4 Å². The van der Waals surface area contributed by atoms with Crippen molar-refractivity contribution in [2.75, 3.05) is 10.7 Å². The third-order valence-corrected chi connectivity index (χ3v) is 3.04. The third-order valence-electron chi connectivity index (χ3n) is 2.74. The topological polar surface area (TPSA) is 75.9 Å². The molecule has 0 saturated heterocycles. The highest BCUT2D eigenvalue weighted by Crippen LogP contribution is 2.25. The van der Waals surface area contributed by atoms with Crippen LogP contribution in [0, 0.1) is 5.82 Å². The molecule has 5 nitrogen and oxygen atoms in total. The lowest BCUT2D eigenvalue weighted by Gasteiger charge is -2.18. The first-order valence-corrected chi connectivity index (χ1v) is 6.75. The molecule has 1 aromatic heterocycles. The first-order chi connectivity index (χ1) is 9.79. The highest BCUT2D eigenvalue weighted by atomic mass is 35.5. The van der Waals surface area contributed by atoms with Gasteiger partial charge in [-0.25, -0.2) is 20.2 Å². The molecule has 0 aliphatic heterocycles. The summed E-state index contributed by atoms with van der Waals surface area (Å²) in [5, 5.41) is 3.09. The van der Waals surface area contributed by atoms with Crippen LogP contribution in [0.4, 0.5) is 21.7 Å². The lowest BCUT2D eigenvalue weighted by Crippen LogP contribution is -2.19. The molecule has 0 radical (unpaired) electrons. The van der Waals surface area contributed by atoms with Crippen molar-refractivity contribution in [1.29, 1.82) is 0 Å². The number of hydrogen-bond acceptors (Lipinski definition) is 5. The van der Waals surface area contributed by atoms with Crippen molar-refractivity contribution in [2.24, 2.45) is 5.84 Å². The Labute approximate surface area is 127 Å².